The van der Waals surface area contributed by atoms with E-state index in [1.165, 1.54) is 12.8 Å². The Hall–Kier alpha value is -0.590. The van der Waals surface area contributed by atoms with E-state index in [0.29, 0.717) is 17.9 Å². The molecule has 0 aromatic rings. The van der Waals surface area contributed by atoms with Crippen LogP contribution in [-0.4, -0.2) is 25.2 Å². The normalized spacial score (nSPS) is 44.9. The standard InChI is InChI=1S/C10H17N3/c1-7-6-13-9(5-11)10-8(7)3-2-4-12-10/h7-10,12-13H,2-4,6H2,1H3. The number of fused-ring (bicyclic) bond motifs is 1. The topological polar surface area (TPSA) is 47.9 Å². The van der Waals surface area contributed by atoms with Crippen molar-refractivity contribution in [3.05, 3.63) is 0 Å². The van der Waals surface area contributed by atoms with E-state index in [0.717, 1.165) is 13.1 Å². The highest BCUT2D eigenvalue weighted by Crippen LogP contribution is 2.29. The molecule has 0 aromatic heterocycles. The van der Waals surface area contributed by atoms with Gasteiger partial charge in [0.2, 0.25) is 0 Å². The highest BCUT2D eigenvalue weighted by molar-refractivity contribution is 5.06. The van der Waals surface area contributed by atoms with Gasteiger partial charge in [-0.15, -0.1) is 0 Å². The highest BCUT2D eigenvalue weighted by atomic mass is 15.1. The molecule has 2 heterocycles. The van der Waals surface area contributed by atoms with Gasteiger partial charge in [-0.25, -0.2) is 0 Å². The minimum Gasteiger partial charge on any atom is -0.311 e. The van der Waals surface area contributed by atoms with Crippen molar-refractivity contribution < 1.29 is 0 Å². The van der Waals surface area contributed by atoms with E-state index in [-0.39, 0.29) is 6.04 Å². The summed E-state index contributed by atoms with van der Waals surface area (Å²) in [5.41, 5.74) is 0. The molecule has 3 heteroatoms. The molecule has 0 aliphatic carbocycles. The lowest BCUT2D eigenvalue weighted by molar-refractivity contribution is 0.143. The maximum Gasteiger partial charge on any atom is 0.111 e. The van der Waals surface area contributed by atoms with Crippen LogP contribution in [0, 0.1) is 23.2 Å². The second kappa shape index (κ2) is 3.65. The summed E-state index contributed by atoms with van der Waals surface area (Å²) in [4.78, 5) is 0. The molecule has 3 nitrogen and oxygen atoms in total. The molecule has 0 radical (unpaired) electrons. The third-order valence-corrected chi connectivity index (χ3v) is 3.44. The van der Waals surface area contributed by atoms with Crippen molar-refractivity contribution in [2.45, 2.75) is 31.8 Å². The molecule has 2 aliphatic rings. The van der Waals surface area contributed by atoms with E-state index in [4.69, 9.17) is 5.26 Å². The van der Waals surface area contributed by atoms with E-state index in [9.17, 15) is 0 Å². The van der Waals surface area contributed by atoms with Gasteiger partial charge >= 0.3 is 0 Å². The van der Waals surface area contributed by atoms with Gasteiger partial charge in [0.25, 0.3) is 0 Å². The molecule has 0 amide bonds. The van der Waals surface area contributed by atoms with Crippen LogP contribution in [0.1, 0.15) is 19.8 Å². The van der Waals surface area contributed by atoms with Gasteiger partial charge in [0.1, 0.15) is 6.04 Å². The van der Waals surface area contributed by atoms with E-state index < -0.39 is 0 Å². The number of nitrogens with one attached hydrogen (secondary N) is 2. The van der Waals surface area contributed by atoms with Gasteiger partial charge in [-0.05, 0) is 37.8 Å². The van der Waals surface area contributed by atoms with Crippen LogP contribution in [0.25, 0.3) is 0 Å². The molecule has 2 aliphatic heterocycles. The molecule has 2 N–H and O–H groups in total. The summed E-state index contributed by atoms with van der Waals surface area (Å²) in [5, 5.41) is 15.7. The third kappa shape index (κ3) is 1.56. The first-order valence-corrected chi connectivity index (χ1v) is 5.19. The predicted octanol–water partition coefficient (Wildman–Crippen LogP) is 0.486. The Morgan fingerprint density at radius 2 is 2.23 bits per heavy atom. The SMILES string of the molecule is CC1CNC(C#N)C2NCCCC12. The van der Waals surface area contributed by atoms with Crippen LogP contribution in [0.15, 0.2) is 0 Å². The Morgan fingerprint density at radius 3 is 3.00 bits per heavy atom. The zero-order valence-electron chi connectivity index (χ0n) is 8.09. The molecule has 13 heavy (non-hydrogen) atoms. The van der Waals surface area contributed by atoms with Crippen molar-refractivity contribution in [2.24, 2.45) is 11.8 Å². The number of nitriles is 1. The summed E-state index contributed by atoms with van der Waals surface area (Å²) in [5.74, 6) is 1.42. The first-order valence-electron chi connectivity index (χ1n) is 5.19. The lowest BCUT2D eigenvalue weighted by Gasteiger charge is -2.43. The Morgan fingerprint density at radius 1 is 1.38 bits per heavy atom. The fourth-order valence-electron chi connectivity index (χ4n) is 2.66. The summed E-state index contributed by atoms with van der Waals surface area (Å²) in [6, 6.07) is 2.77. The van der Waals surface area contributed by atoms with Crippen LogP contribution in [-0.2, 0) is 0 Å². The Bertz CT molecular complexity index is 221. The second-order valence-electron chi connectivity index (χ2n) is 4.28. The minimum absolute atomic E-state index is 0.0292. The molecule has 2 rings (SSSR count). The maximum atomic E-state index is 8.96. The molecule has 0 saturated carbocycles. The monoisotopic (exact) mass is 179 g/mol. The van der Waals surface area contributed by atoms with Crippen molar-refractivity contribution in [1.82, 2.24) is 10.6 Å². The van der Waals surface area contributed by atoms with Crippen LogP contribution in [0.5, 0.6) is 0 Å². The van der Waals surface area contributed by atoms with Gasteiger partial charge in [0.15, 0.2) is 0 Å². The number of hydrogen-bond acceptors (Lipinski definition) is 3. The first-order chi connectivity index (χ1) is 6.33. The third-order valence-electron chi connectivity index (χ3n) is 3.44. The van der Waals surface area contributed by atoms with Crippen LogP contribution < -0.4 is 10.6 Å². The maximum absolute atomic E-state index is 8.96. The van der Waals surface area contributed by atoms with Gasteiger partial charge in [0.05, 0.1) is 6.07 Å². The van der Waals surface area contributed by atoms with Crippen molar-refractivity contribution in [2.75, 3.05) is 13.1 Å². The summed E-state index contributed by atoms with van der Waals surface area (Å²) in [6.45, 7) is 4.36. The molecule has 2 saturated heterocycles. The average Bonchev–Trinajstić information content (AvgIpc) is 2.19. The quantitative estimate of drug-likeness (QED) is 0.569. The van der Waals surface area contributed by atoms with Gasteiger partial charge in [0, 0.05) is 6.04 Å². The zero-order valence-corrected chi connectivity index (χ0v) is 8.09. The summed E-state index contributed by atoms with van der Waals surface area (Å²) >= 11 is 0. The molecule has 72 valence electrons. The molecule has 4 unspecified atom stereocenters. The first kappa shape index (κ1) is 8.98. The van der Waals surface area contributed by atoms with Crippen LogP contribution in [0.2, 0.25) is 0 Å². The zero-order chi connectivity index (χ0) is 9.26. The molecular formula is C10H17N3. The predicted molar refractivity (Wildman–Crippen MR) is 51.1 cm³/mol. The molecule has 0 bridgehead atoms. The molecule has 0 aromatic carbocycles. The largest absolute Gasteiger partial charge is 0.311 e. The smallest absolute Gasteiger partial charge is 0.111 e. The Balaban J connectivity index is 2.10. The lowest BCUT2D eigenvalue weighted by Crippen LogP contribution is -2.60. The number of nitrogens with zero attached hydrogens (tertiary/aromatic N) is 1. The number of piperidine rings is 2. The van der Waals surface area contributed by atoms with Crippen LogP contribution >= 0.6 is 0 Å². The van der Waals surface area contributed by atoms with Gasteiger partial charge in [-0.2, -0.15) is 5.26 Å². The number of hydrogen-bond donors (Lipinski definition) is 2. The van der Waals surface area contributed by atoms with Crippen molar-refractivity contribution in [3.8, 4) is 6.07 Å². The highest BCUT2D eigenvalue weighted by Gasteiger charge is 2.38. The minimum atomic E-state index is 0.0292. The second-order valence-corrected chi connectivity index (χ2v) is 4.28. The van der Waals surface area contributed by atoms with Crippen LogP contribution in [0.4, 0.5) is 0 Å². The molecular weight excluding hydrogens is 162 g/mol. The van der Waals surface area contributed by atoms with Gasteiger partial charge < -0.3 is 10.6 Å². The average molecular weight is 179 g/mol. The van der Waals surface area contributed by atoms with E-state index >= 15 is 0 Å². The lowest BCUT2D eigenvalue weighted by atomic mass is 9.75. The molecule has 4 atom stereocenters. The summed E-state index contributed by atoms with van der Waals surface area (Å²) in [7, 11) is 0. The van der Waals surface area contributed by atoms with Crippen molar-refractivity contribution >= 4 is 0 Å². The molecule has 2 fully saturated rings. The van der Waals surface area contributed by atoms with E-state index in [1.54, 1.807) is 0 Å². The molecule has 0 spiro atoms. The van der Waals surface area contributed by atoms with Gasteiger partial charge in [-0.1, -0.05) is 6.92 Å². The fourth-order valence-corrected chi connectivity index (χ4v) is 2.66. The van der Waals surface area contributed by atoms with Crippen LogP contribution in [0.3, 0.4) is 0 Å². The summed E-state index contributed by atoms with van der Waals surface area (Å²) < 4.78 is 0. The van der Waals surface area contributed by atoms with Crippen molar-refractivity contribution in [3.63, 3.8) is 0 Å². The van der Waals surface area contributed by atoms with E-state index in [1.807, 2.05) is 0 Å². The van der Waals surface area contributed by atoms with E-state index in [2.05, 4.69) is 23.6 Å². The van der Waals surface area contributed by atoms with Gasteiger partial charge in [-0.3, -0.25) is 0 Å². The number of rotatable bonds is 0. The summed E-state index contributed by atoms with van der Waals surface area (Å²) in [6.07, 6.45) is 2.56. The fraction of sp³-hybridized carbons (Fsp3) is 0.900. The van der Waals surface area contributed by atoms with Crippen molar-refractivity contribution in [1.29, 1.82) is 5.26 Å². The Labute approximate surface area is 79.5 Å². The Kier molecular flexibility index (Phi) is 2.52.